The fourth-order valence-electron chi connectivity index (χ4n) is 5.52. The molecule has 2 aliphatic rings. The maximum Gasteiger partial charge on any atom is 0.313 e. The summed E-state index contributed by atoms with van der Waals surface area (Å²) in [4.78, 5) is 28.7. The van der Waals surface area contributed by atoms with Gasteiger partial charge in [0.15, 0.2) is 0 Å². The van der Waals surface area contributed by atoms with Crippen molar-refractivity contribution in [1.29, 1.82) is 0 Å². The lowest BCUT2D eigenvalue weighted by Gasteiger charge is -2.38. The summed E-state index contributed by atoms with van der Waals surface area (Å²) in [5.41, 5.74) is 3.90. The normalized spacial score (nSPS) is 23.7. The molecule has 4 atom stereocenters. The Morgan fingerprint density at radius 3 is 2.36 bits per heavy atom. The fourth-order valence-corrected chi connectivity index (χ4v) is 5.83. The Labute approximate surface area is 203 Å². The highest BCUT2D eigenvalue weighted by Crippen LogP contribution is 2.53. The molecule has 1 fully saturated rings. The second kappa shape index (κ2) is 8.85. The Kier molecular flexibility index (Phi) is 5.90. The Hall–Kier alpha value is -2.82. The average Bonchev–Trinajstić information content (AvgIpc) is 3.13. The van der Waals surface area contributed by atoms with Crippen molar-refractivity contribution < 1.29 is 14.3 Å². The number of methoxy groups -OCH3 is 1. The first-order valence-electron chi connectivity index (χ1n) is 10.9. The van der Waals surface area contributed by atoms with E-state index in [4.69, 9.17) is 27.9 Å². The summed E-state index contributed by atoms with van der Waals surface area (Å²) in [5, 5.41) is 1.19. The number of ether oxygens (including phenoxy) is 1. The molecule has 0 unspecified atom stereocenters. The lowest BCUT2D eigenvalue weighted by atomic mass is 9.63. The third-order valence-electron chi connectivity index (χ3n) is 6.90. The number of carbonyl (C=O) groups is 2. The maximum absolute atomic E-state index is 13.8. The highest BCUT2D eigenvalue weighted by atomic mass is 35.5. The Balaban J connectivity index is 1.64. The first-order chi connectivity index (χ1) is 16.0. The average molecular weight is 480 g/mol. The van der Waals surface area contributed by atoms with Crippen molar-refractivity contribution >= 4 is 35.1 Å². The van der Waals surface area contributed by atoms with Gasteiger partial charge in [0.1, 0.15) is 0 Å². The number of carbonyl (C=O) groups excluding carboxylic acids is 2. The van der Waals surface area contributed by atoms with E-state index in [1.54, 1.807) is 0 Å². The number of halogens is 2. The molecule has 0 aromatic heterocycles. The first kappa shape index (κ1) is 22.0. The summed E-state index contributed by atoms with van der Waals surface area (Å²) in [5.74, 6) is -1.79. The summed E-state index contributed by atoms with van der Waals surface area (Å²) >= 11 is 12.5. The molecule has 5 rings (SSSR count). The first-order valence-corrected chi connectivity index (χ1v) is 11.7. The van der Waals surface area contributed by atoms with Crippen molar-refractivity contribution in [3.8, 4) is 0 Å². The van der Waals surface area contributed by atoms with Crippen LogP contribution < -0.4 is 0 Å². The molecule has 33 heavy (non-hydrogen) atoms. The Bertz CT molecular complexity index is 1200. The predicted octanol–water partition coefficient (Wildman–Crippen LogP) is 5.67. The lowest BCUT2D eigenvalue weighted by molar-refractivity contribution is -0.148. The molecule has 0 saturated carbocycles. The molecule has 168 valence electrons. The van der Waals surface area contributed by atoms with Crippen LogP contribution >= 0.6 is 23.2 Å². The minimum atomic E-state index is -0.689. The van der Waals surface area contributed by atoms with Crippen molar-refractivity contribution in [2.24, 2.45) is 11.8 Å². The van der Waals surface area contributed by atoms with Gasteiger partial charge in [0, 0.05) is 35.0 Å². The van der Waals surface area contributed by atoms with Crippen LogP contribution in [0.25, 0.3) is 0 Å². The molecule has 1 saturated heterocycles. The van der Waals surface area contributed by atoms with E-state index in [2.05, 4.69) is 0 Å². The number of amides is 1. The topological polar surface area (TPSA) is 46.6 Å². The smallest absolute Gasteiger partial charge is 0.313 e. The molecule has 1 aliphatic carbocycles. The molecule has 0 bridgehead atoms. The van der Waals surface area contributed by atoms with Crippen LogP contribution in [0.4, 0.5) is 0 Å². The van der Waals surface area contributed by atoms with E-state index < -0.39 is 17.8 Å². The van der Waals surface area contributed by atoms with Crippen LogP contribution in [-0.4, -0.2) is 30.4 Å². The van der Waals surface area contributed by atoms with Crippen molar-refractivity contribution in [1.82, 2.24) is 4.90 Å². The number of rotatable bonds is 4. The summed E-state index contributed by atoms with van der Waals surface area (Å²) in [6.45, 7) is 1.06. The molecular weight excluding hydrogens is 457 g/mol. The van der Waals surface area contributed by atoms with E-state index in [0.29, 0.717) is 23.1 Å². The molecule has 6 heteroatoms. The highest BCUT2D eigenvalue weighted by molar-refractivity contribution is 6.31. The number of esters is 1. The SMILES string of the molecule is COC(=O)[C@@H]1c2cc(Cl)ccc2[C@H](c2ccc(Cl)cc2)[C@@H]2CN(Cc3ccccc3)C(=O)[C@H]21. The molecule has 1 amide bonds. The molecule has 3 aromatic rings. The van der Waals surface area contributed by atoms with Crippen LogP contribution in [0.15, 0.2) is 72.8 Å². The number of hydrogen-bond donors (Lipinski definition) is 0. The summed E-state index contributed by atoms with van der Waals surface area (Å²) < 4.78 is 5.18. The minimum Gasteiger partial charge on any atom is -0.469 e. The zero-order valence-electron chi connectivity index (χ0n) is 18.1. The maximum atomic E-state index is 13.8. The van der Waals surface area contributed by atoms with Crippen LogP contribution in [0, 0.1) is 11.8 Å². The number of nitrogens with zero attached hydrogens (tertiary/aromatic N) is 1. The van der Waals surface area contributed by atoms with E-state index in [9.17, 15) is 9.59 Å². The van der Waals surface area contributed by atoms with E-state index >= 15 is 0 Å². The van der Waals surface area contributed by atoms with Gasteiger partial charge >= 0.3 is 5.97 Å². The van der Waals surface area contributed by atoms with Gasteiger partial charge in [0.05, 0.1) is 18.9 Å². The second-order valence-electron chi connectivity index (χ2n) is 8.70. The monoisotopic (exact) mass is 479 g/mol. The van der Waals surface area contributed by atoms with Crippen molar-refractivity contribution in [2.75, 3.05) is 13.7 Å². The van der Waals surface area contributed by atoms with E-state index in [0.717, 1.165) is 22.3 Å². The number of benzene rings is 3. The molecule has 3 aromatic carbocycles. The summed E-state index contributed by atoms with van der Waals surface area (Å²) in [7, 11) is 1.37. The zero-order chi connectivity index (χ0) is 23.1. The van der Waals surface area contributed by atoms with Gasteiger partial charge in [-0.05, 0) is 46.5 Å². The Morgan fingerprint density at radius 1 is 0.970 bits per heavy atom. The van der Waals surface area contributed by atoms with Gasteiger partial charge in [-0.3, -0.25) is 9.59 Å². The van der Waals surface area contributed by atoms with E-state index in [1.807, 2.05) is 77.7 Å². The summed E-state index contributed by atoms with van der Waals surface area (Å²) in [6, 6.07) is 23.3. The van der Waals surface area contributed by atoms with Gasteiger partial charge in [0.25, 0.3) is 0 Å². The third kappa shape index (κ3) is 3.92. The predicted molar refractivity (Wildman–Crippen MR) is 128 cm³/mol. The van der Waals surface area contributed by atoms with Gasteiger partial charge in [-0.2, -0.15) is 0 Å². The lowest BCUT2D eigenvalue weighted by Crippen LogP contribution is -2.39. The zero-order valence-corrected chi connectivity index (χ0v) is 19.6. The van der Waals surface area contributed by atoms with Crippen molar-refractivity contribution in [3.05, 3.63) is 105 Å². The Morgan fingerprint density at radius 2 is 1.67 bits per heavy atom. The molecular formula is C27H23Cl2NO3. The molecule has 1 aliphatic heterocycles. The van der Waals surface area contributed by atoms with Gasteiger partial charge in [-0.15, -0.1) is 0 Å². The van der Waals surface area contributed by atoms with Gasteiger partial charge in [0.2, 0.25) is 5.91 Å². The minimum absolute atomic E-state index is 0.0242. The van der Waals surface area contributed by atoms with Crippen LogP contribution in [0.2, 0.25) is 10.0 Å². The number of fused-ring (bicyclic) bond motifs is 2. The van der Waals surface area contributed by atoms with Crippen LogP contribution in [0.1, 0.15) is 34.1 Å². The van der Waals surface area contributed by atoms with E-state index in [-0.39, 0.29) is 17.7 Å². The largest absolute Gasteiger partial charge is 0.469 e. The number of likely N-dealkylation sites (tertiary alicyclic amines) is 1. The van der Waals surface area contributed by atoms with Crippen LogP contribution in [0.5, 0.6) is 0 Å². The van der Waals surface area contributed by atoms with Crippen molar-refractivity contribution in [2.45, 2.75) is 18.4 Å². The quantitative estimate of drug-likeness (QED) is 0.452. The molecule has 0 spiro atoms. The second-order valence-corrected chi connectivity index (χ2v) is 9.57. The van der Waals surface area contributed by atoms with Crippen LogP contribution in [0.3, 0.4) is 0 Å². The summed E-state index contributed by atoms with van der Waals surface area (Å²) in [6.07, 6.45) is 0. The van der Waals surface area contributed by atoms with Gasteiger partial charge in [-0.25, -0.2) is 0 Å². The van der Waals surface area contributed by atoms with Crippen molar-refractivity contribution in [3.63, 3.8) is 0 Å². The van der Waals surface area contributed by atoms with Crippen LogP contribution in [-0.2, 0) is 20.9 Å². The van der Waals surface area contributed by atoms with Gasteiger partial charge < -0.3 is 9.64 Å². The van der Waals surface area contributed by atoms with E-state index in [1.165, 1.54) is 7.11 Å². The number of hydrogen-bond acceptors (Lipinski definition) is 3. The van der Waals surface area contributed by atoms with Gasteiger partial charge in [-0.1, -0.05) is 71.7 Å². The highest BCUT2D eigenvalue weighted by Gasteiger charge is 2.55. The third-order valence-corrected chi connectivity index (χ3v) is 7.38. The molecule has 1 heterocycles. The standard InChI is InChI=1S/C27H23Cl2NO3/c1-33-27(32)25-21-13-19(29)11-12-20(21)23(17-7-9-18(28)10-8-17)22-15-30(26(31)24(22)25)14-16-5-3-2-4-6-16/h2-13,22-25H,14-15H2,1H3/t22-,23-,24+,25+/m0/s1. The molecule has 0 radical (unpaired) electrons. The fraction of sp³-hybridized carbons (Fsp3) is 0.259. The molecule has 4 nitrogen and oxygen atoms in total. The molecule has 0 N–H and O–H groups in total.